The minimum absolute atomic E-state index is 0.216. The lowest BCUT2D eigenvalue weighted by atomic mass is 9.30. The molecule has 0 amide bonds. The first-order valence-corrected chi connectivity index (χ1v) is 11.1. The molecule has 3 heteroatoms. The van der Waals surface area contributed by atoms with Crippen LogP contribution in [0.15, 0.2) is 67.0 Å². The Bertz CT molecular complexity index is 1450. The zero-order valence-corrected chi connectivity index (χ0v) is 17.7. The van der Waals surface area contributed by atoms with Crippen LogP contribution in [0.5, 0.6) is 0 Å². The van der Waals surface area contributed by atoms with Crippen LogP contribution < -0.4 is 16.4 Å². The van der Waals surface area contributed by atoms with Crippen LogP contribution in [-0.4, -0.2) is 16.7 Å². The lowest BCUT2D eigenvalue weighted by molar-refractivity contribution is 0.981. The summed E-state index contributed by atoms with van der Waals surface area (Å²) in [5, 5.41) is 5.37. The molecule has 3 heterocycles. The summed E-state index contributed by atoms with van der Waals surface area (Å²) >= 11 is 0. The Morgan fingerprint density at radius 3 is 1.65 bits per heavy atom. The Morgan fingerprint density at radius 2 is 1.13 bits per heavy atom. The summed E-state index contributed by atoms with van der Waals surface area (Å²) in [6.45, 7) is 4.78. The van der Waals surface area contributed by atoms with Crippen LogP contribution in [0.3, 0.4) is 0 Å². The SMILES string of the molecule is Cc1cc2ccccc2c2c1B1c3c(ncnc3Cc3c1c(C)cc1ccccc31)C2. The highest BCUT2D eigenvalue weighted by Gasteiger charge is 2.41. The monoisotopic (exact) mass is 396 g/mol. The standard InChI is InChI=1S/C28H21BN2/c1-16-11-18-7-3-5-9-20(18)22-13-24-28-25(31-15-30-24)14-23-21-10-6-4-8-19(21)12-17(2)27(23)29(28)26(16)22/h3-12,15H,13-14H2,1-2H3. The molecule has 0 unspecified atom stereocenters. The van der Waals surface area contributed by atoms with E-state index in [2.05, 4.69) is 74.5 Å². The summed E-state index contributed by atoms with van der Waals surface area (Å²) in [6, 6.07) is 22.3. The van der Waals surface area contributed by atoms with Gasteiger partial charge in [0.2, 0.25) is 6.71 Å². The average molecular weight is 396 g/mol. The van der Waals surface area contributed by atoms with Gasteiger partial charge in [-0.2, -0.15) is 0 Å². The first-order chi connectivity index (χ1) is 15.2. The maximum Gasteiger partial charge on any atom is 0.247 e. The van der Waals surface area contributed by atoms with Gasteiger partial charge >= 0.3 is 0 Å². The minimum atomic E-state index is 0.216. The zero-order chi connectivity index (χ0) is 20.7. The van der Waals surface area contributed by atoms with Crippen molar-refractivity contribution in [2.45, 2.75) is 26.7 Å². The maximum atomic E-state index is 4.80. The Morgan fingerprint density at radius 1 is 0.645 bits per heavy atom. The molecule has 2 aliphatic heterocycles. The van der Waals surface area contributed by atoms with Gasteiger partial charge in [-0.1, -0.05) is 82.7 Å². The van der Waals surface area contributed by atoms with Gasteiger partial charge in [0.05, 0.1) is 0 Å². The molecule has 0 fully saturated rings. The lowest BCUT2D eigenvalue weighted by Gasteiger charge is -2.35. The van der Waals surface area contributed by atoms with Gasteiger partial charge in [-0.15, -0.1) is 0 Å². The van der Waals surface area contributed by atoms with Crippen LogP contribution in [0, 0.1) is 13.8 Å². The quantitative estimate of drug-likeness (QED) is 0.365. The van der Waals surface area contributed by atoms with Gasteiger partial charge in [0, 0.05) is 24.2 Å². The largest absolute Gasteiger partial charge is 0.247 e. The average Bonchev–Trinajstić information content (AvgIpc) is 2.79. The van der Waals surface area contributed by atoms with Crippen molar-refractivity contribution in [3.63, 3.8) is 0 Å². The molecular formula is C28H21BN2. The van der Waals surface area contributed by atoms with Crippen molar-refractivity contribution < 1.29 is 0 Å². The normalized spacial score (nSPS) is 13.8. The second-order valence-electron chi connectivity index (χ2n) is 9.08. The smallest absolute Gasteiger partial charge is 0.242 e. The van der Waals surface area contributed by atoms with Crippen molar-refractivity contribution in [2.75, 3.05) is 0 Å². The van der Waals surface area contributed by atoms with Crippen LogP contribution in [0.1, 0.15) is 33.6 Å². The first-order valence-electron chi connectivity index (χ1n) is 11.1. The van der Waals surface area contributed by atoms with Gasteiger partial charge in [-0.3, -0.25) is 0 Å². The summed E-state index contributed by atoms with van der Waals surface area (Å²) in [5.74, 6) is 0. The number of aryl methyl sites for hydroxylation is 2. The minimum Gasteiger partial charge on any atom is -0.242 e. The fraction of sp³-hybridized carbons (Fsp3) is 0.143. The third-order valence-corrected chi connectivity index (χ3v) is 7.42. The van der Waals surface area contributed by atoms with Crippen LogP contribution in [-0.2, 0) is 12.8 Å². The first kappa shape index (κ1) is 17.2. The number of hydrogen-bond acceptors (Lipinski definition) is 2. The fourth-order valence-electron chi connectivity index (χ4n) is 6.23. The molecule has 0 radical (unpaired) electrons. The van der Waals surface area contributed by atoms with Crippen molar-refractivity contribution >= 4 is 44.6 Å². The molecule has 2 aliphatic rings. The van der Waals surface area contributed by atoms with E-state index in [0.29, 0.717) is 0 Å². The molecule has 31 heavy (non-hydrogen) atoms. The second kappa shape index (κ2) is 6.04. The zero-order valence-electron chi connectivity index (χ0n) is 17.7. The van der Waals surface area contributed by atoms with Crippen molar-refractivity contribution in [3.05, 3.63) is 101 Å². The molecule has 7 rings (SSSR count). The van der Waals surface area contributed by atoms with E-state index in [-0.39, 0.29) is 6.71 Å². The topological polar surface area (TPSA) is 25.8 Å². The highest BCUT2D eigenvalue weighted by molar-refractivity contribution is 6.98. The van der Waals surface area contributed by atoms with E-state index in [1.165, 1.54) is 71.6 Å². The number of nitrogens with zero attached hydrogens (tertiary/aromatic N) is 2. The molecule has 0 saturated heterocycles. The third-order valence-electron chi connectivity index (χ3n) is 7.42. The Hall–Kier alpha value is -3.46. The van der Waals surface area contributed by atoms with Gasteiger partial charge in [-0.05, 0) is 52.0 Å². The van der Waals surface area contributed by atoms with Crippen LogP contribution in [0.25, 0.3) is 21.5 Å². The summed E-state index contributed by atoms with van der Waals surface area (Å²) in [5.41, 5.74) is 12.4. The van der Waals surface area contributed by atoms with E-state index in [1.54, 1.807) is 6.33 Å². The van der Waals surface area contributed by atoms with Crippen molar-refractivity contribution in [1.29, 1.82) is 0 Å². The van der Waals surface area contributed by atoms with Crippen molar-refractivity contribution in [1.82, 2.24) is 9.97 Å². The highest BCUT2D eigenvalue weighted by Crippen LogP contribution is 2.30. The molecule has 2 nitrogen and oxygen atoms in total. The highest BCUT2D eigenvalue weighted by atomic mass is 14.8. The molecule has 0 atom stereocenters. The molecular weight excluding hydrogens is 375 g/mol. The predicted octanol–water partition coefficient (Wildman–Crippen LogP) is 3.72. The summed E-state index contributed by atoms with van der Waals surface area (Å²) in [6.07, 6.45) is 3.55. The Balaban J connectivity index is 1.65. The number of fused-ring (bicyclic) bond motifs is 8. The number of benzene rings is 4. The van der Waals surface area contributed by atoms with Crippen molar-refractivity contribution in [2.24, 2.45) is 0 Å². The van der Waals surface area contributed by atoms with Crippen LogP contribution >= 0.6 is 0 Å². The van der Waals surface area contributed by atoms with E-state index in [0.717, 1.165) is 12.8 Å². The number of rotatable bonds is 0. The van der Waals surface area contributed by atoms with E-state index in [9.17, 15) is 0 Å². The molecule has 0 spiro atoms. The van der Waals surface area contributed by atoms with Crippen LogP contribution in [0.2, 0.25) is 0 Å². The Labute approximate surface area is 182 Å². The van der Waals surface area contributed by atoms with Crippen molar-refractivity contribution in [3.8, 4) is 0 Å². The van der Waals surface area contributed by atoms with Gasteiger partial charge in [0.25, 0.3) is 0 Å². The molecule has 146 valence electrons. The van der Waals surface area contributed by atoms with Crippen LogP contribution in [0.4, 0.5) is 0 Å². The van der Waals surface area contributed by atoms with Gasteiger partial charge in [-0.25, -0.2) is 9.97 Å². The predicted molar refractivity (Wildman–Crippen MR) is 130 cm³/mol. The molecule has 0 saturated carbocycles. The van der Waals surface area contributed by atoms with E-state index in [4.69, 9.17) is 9.97 Å². The van der Waals surface area contributed by atoms with E-state index < -0.39 is 0 Å². The molecule has 0 N–H and O–H groups in total. The fourth-order valence-corrected chi connectivity index (χ4v) is 6.23. The summed E-state index contributed by atoms with van der Waals surface area (Å²) < 4.78 is 0. The second-order valence-corrected chi connectivity index (χ2v) is 9.08. The third kappa shape index (κ3) is 2.24. The number of hydrogen-bond donors (Lipinski definition) is 0. The molecule has 4 aromatic carbocycles. The van der Waals surface area contributed by atoms with E-state index in [1.807, 2.05) is 0 Å². The lowest BCUT2D eigenvalue weighted by Crippen LogP contribution is -2.63. The molecule has 0 aliphatic carbocycles. The maximum absolute atomic E-state index is 4.80. The molecule has 5 aromatic rings. The summed E-state index contributed by atoms with van der Waals surface area (Å²) in [7, 11) is 0. The van der Waals surface area contributed by atoms with Gasteiger partial charge in [0.15, 0.2) is 0 Å². The van der Waals surface area contributed by atoms with Gasteiger partial charge in [0.1, 0.15) is 6.33 Å². The number of aromatic nitrogens is 2. The van der Waals surface area contributed by atoms with E-state index >= 15 is 0 Å². The van der Waals surface area contributed by atoms with Gasteiger partial charge < -0.3 is 0 Å². The molecule has 0 bridgehead atoms. The Kier molecular flexibility index (Phi) is 3.36. The summed E-state index contributed by atoms with van der Waals surface area (Å²) in [4.78, 5) is 9.60. The molecule has 1 aromatic heterocycles.